The predicted molar refractivity (Wildman–Crippen MR) is 65.3 cm³/mol. The molecule has 0 bridgehead atoms. The minimum Gasteiger partial charge on any atom is -0.473 e. The zero-order valence-corrected chi connectivity index (χ0v) is 9.65. The van der Waals surface area contributed by atoms with Gasteiger partial charge in [-0.1, -0.05) is 34.1 Å². The van der Waals surface area contributed by atoms with E-state index in [1.165, 1.54) is 0 Å². The maximum atomic E-state index is 5.53. The van der Waals surface area contributed by atoms with E-state index in [4.69, 9.17) is 4.74 Å². The van der Waals surface area contributed by atoms with E-state index in [9.17, 15) is 0 Å². The summed E-state index contributed by atoms with van der Waals surface area (Å²) in [6, 6.07) is 10.0. The summed E-state index contributed by atoms with van der Waals surface area (Å²) in [5, 5.41) is 2.19. The molecule has 3 heteroatoms. The molecule has 0 aliphatic heterocycles. The molecule has 0 saturated carbocycles. The van der Waals surface area contributed by atoms with Crippen LogP contribution in [0.3, 0.4) is 0 Å². The minimum absolute atomic E-state index is 0.520. The van der Waals surface area contributed by atoms with E-state index in [2.05, 4.69) is 20.9 Å². The number of hydrogen-bond acceptors (Lipinski definition) is 2. The Hall–Kier alpha value is -1.35. The Kier molecular flexibility index (Phi) is 3.35. The fourth-order valence-corrected chi connectivity index (χ4v) is 1.52. The zero-order chi connectivity index (χ0) is 10.5. The number of fused-ring (bicyclic) bond motifs is 1. The average Bonchev–Trinajstić information content (AvgIpc) is 2.30. The second-order valence-electron chi connectivity index (χ2n) is 3.01. The zero-order valence-electron chi connectivity index (χ0n) is 8.06. The van der Waals surface area contributed by atoms with Crippen molar-refractivity contribution >= 4 is 26.7 Å². The molecule has 0 fully saturated rings. The van der Waals surface area contributed by atoms with Crippen molar-refractivity contribution in [1.82, 2.24) is 4.98 Å². The number of pyridine rings is 1. The lowest BCUT2D eigenvalue weighted by molar-refractivity contribution is 0.353. The highest BCUT2D eigenvalue weighted by atomic mass is 79.9. The van der Waals surface area contributed by atoms with E-state index in [-0.39, 0.29) is 0 Å². The van der Waals surface area contributed by atoms with Crippen LogP contribution < -0.4 is 4.74 Å². The summed E-state index contributed by atoms with van der Waals surface area (Å²) < 4.78 is 5.53. The summed E-state index contributed by atoms with van der Waals surface area (Å²) >= 11 is 3.19. The van der Waals surface area contributed by atoms with Crippen LogP contribution in [-0.4, -0.2) is 11.6 Å². The Morgan fingerprint density at radius 2 is 2.13 bits per heavy atom. The maximum absolute atomic E-state index is 5.53. The van der Waals surface area contributed by atoms with Gasteiger partial charge in [0.1, 0.15) is 6.61 Å². The monoisotopic (exact) mass is 263 g/mol. The van der Waals surface area contributed by atoms with Crippen molar-refractivity contribution in [2.24, 2.45) is 0 Å². The summed E-state index contributed by atoms with van der Waals surface area (Å²) in [6.45, 7) is 0.520. The summed E-state index contributed by atoms with van der Waals surface area (Å²) in [5.74, 6) is 0.679. The fraction of sp³-hybridized carbons (Fsp3) is 0.0833. The van der Waals surface area contributed by atoms with Gasteiger partial charge in [0.05, 0.1) is 0 Å². The van der Waals surface area contributed by atoms with Crippen molar-refractivity contribution in [2.45, 2.75) is 0 Å². The molecule has 76 valence electrons. The van der Waals surface area contributed by atoms with Gasteiger partial charge in [-0.15, -0.1) is 0 Å². The highest BCUT2D eigenvalue weighted by Gasteiger charge is 2.00. The van der Waals surface area contributed by atoms with Crippen LogP contribution in [0.25, 0.3) is 10.8 Å². The molecule has 2 nitrogen and oxygen atoms in total. The smallest absolute Gasteiger partial charge is 0.221 e. The molecule has 0 spiro atoms. The molecule has 0 saturated heterocycles. The summed E-state index contributed by atoms with van der Waals surface area (Å²) in [7, 11) is 0. The molecule has 2 aromatic rings. The quantitative estimate of drug-likeness (QED) is 0.846. The molecule has 0 radical (unpaired) electrons. The molecule has 1 aromatic heterocycles. The molecule has 1 heterocycles. The number of aromatic nitrogens is 1. The fourth-order valence-electron chi connectivity index (χ4n) is 1.37. The Morgan fingerprint density at radius 1 is 1.27 bits per heavy atom. The van der Waals surface area contributed by atoms with Crippen LogP contribution in [0.1, 0.15) is 0 Å². The van der Waals surface area contributed by atoms with E-state index in [0.717, 1.165) is 10.8 Å². The van der Waals surface area contributed by atoms with E-state index >= 15 is 0 Å². The molecular formula is C12H10BrNO. The number of rotatable bonds is 3. The van der Waals surface area contributed by atoms with Gasteiger partial charge < -0.3 is 4.74 Å². The SMILES string of the molecule is Br/C=C/COc1nccc2ccccc12. The Bertz CT molecular complexity index is 477. The molecule has 2 rings (SSSR count). The molecule has 0 atom stereocenters. The first kappa shape index (κ1) is 10.2. The average molecular weight is 264 g/mol. The van der Waals surface area contributed by atoms with Gasteiger partial charge in [-0.25, -0.2) is 4.98 Å². The third-order valence-electron chi connectivity index (χ3n) is 2.04. The number of hydrogen-bond donors (Lipinski definition) is 0. The van der Waals surface area contributed by atoms with Crippen molar-refractivity contribution in [3.8, 4) is 5.88 Å². The molecule has 0 unspecified atom stereocenters. The van der Waals surface area contributed by atoms with Gasteiger partial charge in [-0.05, 0) is 28.6 Å². The van der Waals surface area contributed by atoms with Crippen LogP contribution in [0.15, 0.2) is 47.6 Å². The van der Waals surface area contributed by atoms with Gasteiger partial charge in [0.15, 0.2) is 0 Å². The van der Waals surface area contributed by atoms with E-state index in [0.29, 0.717) is 12.5 Å². The summed E-state index contributed by atoms with van der Waals surface area (Å²) in [4.78, 5) is 5.98. The predicted octanol–water partition coefficient (Wildman–Crippen LogP) is 3.52. The van der Waals surface area contributed by atoms with Gasteiger partial charge in [0.25, 0.3) is 0 Å². The van der Waals surface area contributed by atoms with Crippen molar-refractivity contribution < 1.29 is 4.74 Å². The first-order valence-electron chi connectivity index (χ1n) is 4.63. The van der Waals surface area contributed by atoms with Crippen molar-refractivity contribution in [3.63, 3.8) is 0 Å². The molecule has 0 amide bonds. The second kappa shape index (κ2) is 4.94. The first-order valence-corrected chi connectivity index (χ1v) is 5.55. The Balaban J connectivity index is 2.34. The number of ether oxygens (including phenoxy) is 1. The van der Waals surface area contributed by atoms with Crippen LogP contribution in [0.2, 0.25) is 0 Å². The number of nitrogens with zero attached hydrogens (tertiary/aromatic N) is 1. The van der Waals surface area contributed by atoms with Gasteiger partial charge in [-0.2, -0.15) is 0 Å². The van der Waals surface area contributed by atoms with E-state index in [1.807, 2.05) is 36.4 Å². The van der Waals surface area contributed by atoms with Crippen LogP contribution in [0.5, 0.6) is 5.88 Å². The third-order valence-corrected chi connectivity index (χ3v) is 2.42. The molecule has 0 aliphatic carbocycles. The van der Waals surface area contributed by atoms with Crippen LogP contribution in [-0.2, 0) is 0 Å². The normalized spacial score (nSPS) is 11.0. The van der Waals surface area contributed by atoms with Gasteiger partial charge >= 0.3 is 0 Å². The van der Waals surface area contributed by atoms with Crippen LogP contribution >= 0.6 is 15.9 Å². The van der Waals surface area contributed by atoms with Gasteiger partial charge in [-0.3, -0.25) is 0 Å². The van der Waals surface area contributed by atoms with Gasteiger partial charge in [0.2, 0.25) is 5.88 Å². The second-order valence-corrected chi connectivity index (χ2v) is 3.54. The minimum atomic E-state index is 0.520. The van der Waals surface area contributed by atoms with Gasteiger partial charge in [0, 0.05) is 11.6 Å². The Labute approximate surface area is 96.7 Å². The number of halogens is 1. The molecule has 0 aliphatic rings. The summed E-state index contributed by atoms with van der Waals surface area (Å²) in [6.07, 6.45) is 3.64. The van der Waals surface area contributed by atoms with Crippen LogP contribution in [0, 0.1) is 0 Å². The lowest BCUT2D eigenvalue weighted by Crippen LogP contribution is -1.95. The standard InChI is InChI=1S/C12H10BrNO/c13-7-3-9-15-12-11-5-2-1-4-10(11)6-8-14-12/h1-8H,9H2/b7-3+. The third kappa shape index (κ3) is 2.36. The summed E-state index contributed by atoms with van der Waals surface area (Å²) in [5.41, 5.74) is 0. The Morgan fingerprint density at radius 3 is 3.00 bits per heavy atom. The highest BCUT2D eigenvalue weighted by molar-refractivity contribution is 9.11. The van der Waals surface area contributed by atoms with Crippen molar-refractivity contribution in [3.05, 3.63) is 47.6 Å². The van der Waals surface area contributed by atoms with E-state index < -0.39 is 0 Å². The number of benzene rings is 1. The maximum Gasteiger partial charge on any atom is 0.221 e. The molecule has 0 N–H and O–H groups in total. The molecule has 15 heavy (non-hydrogen) atoms. The van der Waals surface area contributed by atoms with Crippen molar-refractivity contribution in [1.29, 1.82) is 0 Å². The topological polar surface area (TPSA) is 22.1 Å². The molecular weight excluding hydrogens is 254 g/mol. The highest BCUT2D eigenvalue weighted by Crippen LogP contribution is 2.22. The lowest BCUT2D eigenvalue weighted by atomic mass is 10.2. The largest absolute Gasteiger partial charge is 0.473 e. The molecule has 1 aromatic carbocycles. The van der Waals surface area contributed by atoms with Crippen molar-refractivity contribution in [2.75, 3.05) is 6.61 Å². The van der Waals surface area contributed by atoms with E-state index in [1.54, 1.807) is 11.2 Å². The van der Waals surface area contributed by atoms with Crippen LogP contribution in [0.4, 0.5) is 0 Å². The first-order chi connectivity index (χ1) is 7.42. The lowest BCUT2D eigenvalue weighted by Gasteiger charge is -2.05.